The zero-order chi connectivity index (χ0) is 25.7. The lowest BCUT2D eigenvalue weighted by Crippen LogP contribution is -2.27. The molecule has 0 saturated carbocycles. The fourth-order valence-electron chi connectivity index (χ4n) is 3.43. The van der Waals surface area contributed by atoms with Crippen molar-refractivity contribution in [2.45, 2.75) is 39.2 Å². The number of nitrogens with zero attached hydrogens (tertiary/aromatic N) is 3. The Kier molecular flexibility index (Phi) is 7.74. The molecule has 1 unspecified atom stereocenters. The number of oxazole rings is 1. The third-order valence-electron chi connectivity index (χ3n) is 5.40. The van der Waals surface area contributed by atoms with Crippen molar-refractivity contribution in [3.8, 4) is 28.4 Å². The highest BCUT2D eigenvalue weighted by atomic mass is 19.1. The molecule has 1 atom stereocenters. The number of nitrogens with one attached hydrogen (secondary N) is 1. The normalized spacial score (nSPS) is 12.1. The number of carbonyl (C=O) groups is 1. The Morgan fingerprint density at radius 3 is 2.50 bits per heavy atom. The highest BCUT2D eigenvalue weighted by Crippen LogP contribution is 2.29. The van der Waals surface area contributed by atoms with Crippen LogP contribution < -0.4 is 10.1 Å². The van der Waals surface area contributed by atoms with E-state index >= 15 is 0 Å². The Labute approximate surface area is 207 Å². The van der Waals surface area contributed by atoms with Crippen LogP contribution in [-0.4, -0.2) is 39.3 Å². The zero-order valence-corrected chi connectivity index (χ0v) is 20.2. The summed E-state index contributed by atoms with van der Waals surface area (Å²) in [5.74, 6) is 0.908. The number of carbonyl (C=O) groups excluding carboxylic acids is 1. The van der Waals surface area contributed by atoms with Crippen molar-refractivity contribution < 1.29 is 28.0 Å². The van der Waals surface area contributed by atoms with Crippen LogP contribution in [0.5, 0.6) is 5.75 Å². The minimum atomic E-state index is -0.696. The number of ether oxygens (including phenoxy) is 1. The molecule has 9 nitrogen and oxygen atoms in total. The van der Waals surface area contributed by atoms with Crippen LogP contribution >= 0.6 is 0 Å². The summed E-state index contributed by atoms with van der Waals surface area (Å²) >= 11 is 0. The molecule has 0 aliphatic carbocycles. The smallest absolute Gasteiger partial charge is 0.254 e. The number of hydrogen-bond donors (Lipinski definition) is 2. The van der Waals surface area contributed by atoms with Gasteiger partial charge in [-0.15, -0.1) is 0 Å². The molecule has 0 saturated heterocycles. The standard InChI is InChI=1S/C26H27FN4O5/c1-4-22(35-18-8-5-16(6-9-18)23-30-25(15(2)3)36-31-23)26-29-21(14-34-26)17-7-10-19(20(27)13-17)24(33)28-11-12-32/h5-10,13-15,22,32H,4,11-12H2,1-3H3,(H,28,33). The third kappa shape index (κ3) is 5.60. The molecular formula is C26H27FN4O5. The molecule has 2 aromatic heterocycles. The lowest BCUT2D eigenvalue weighted by atomic mass is 10.1. The highest BCUT2D eigenvalue weighted by molar-refractivity contribution is 5.94. The summed E-state index contributed by atoms with van der Waals surface area (Å²) in [5.41, 5.74) is 1.57. The van der Waals surface area contributed by atoms with E-state index in [1.807, 2.05) is 45.0 Å². The summed E-state index contributed by atoms with van der Waals surface area (Å²) in [6.07, 6.45) is 1.55. The van der Waals surface area contributed by atoms with Gasteiger partial charge in [-0.3, -0.25) is 4.79 Å². The third-order valence-corrected chi connectivity index (χ3v) is 5.40. The van der Waals surface area contributed by atoms with Gasteiger partial charge in [0.05, 0.1) is 12.2 Å². The zero-order valence-electron chi connectivity index (χ0n) is 20.2. The van der Waals surface area contributed by atoms with Gasteiger partial charge < -0.3 is 24.1 Å². The summed E-state index contributed by atoms with van der Waals surface area (Å²) in [5, 5.41) is 15.3. The molecule has 0 aliphatic rings. The molecule has 2 aromatic carbocycles. The van der Waals surface area contributed by atoms with E-state index in [4.69, 9.17) is 18.8 Å². The van der Waals surface area contributed by atoms with Crippen molar-refractivity contribution in [3.63, 3.8) is 0 Å². The molecule has 1 amide bonds. The van der Waals surface area contributed by atoms with Gasteiger partial charge in [-0.2, -0.15) is 4.98 Å². The Morgan fingerprint density at radius 1 is 1.11 bits per heavy atom. The maximum atomic E-state index is 14.5. The van der Waals surface area contributed by atoms with E-state index in [1.165, 1.54) is 18.4 Å². The predicted octanol–water partition coefficient (Wildman–Crippen LogP) is 4.91. The number of aliphatic hydroxyl groups excluding tert-OH is 1. The quantitative estimate of drug-likeness (QED) is 0.319. The van der Waals surface area contributed by atoms with Gasteiger partial charge in [0.2, 0.25) is 17.6 Å². The first kappa shape index (κ1) is 25.1. The van der Waals surface area contributed by atoms with Crippen molar-refractivity contribution in [1.82, 2.24) is 20.4 Å². The molecular weight excluding hydrogens is 467 g/mol. The molecule has 4 aromatic rings. The van der Waals surface area contributed by atoms with Crippen LogP contribution in [-0.2, 0) is 0 Å². The summed E-state index contributed by atoms with van der Waals surface area (Å²) in [6, 6.07) is 11.5. The van der Waals surface area contributed by atoms with Gasteiger partial charge in [0.15, 0.2) is 6.10 Å². The number of amides is 1. The lowest BCUT2D eigenvalue weighted by molar-refractivity contribution is 0.0940. The topological polar surface area (TPSA) is 124 Å². The maximum Gasteiger partial charge on any atom is 0.254 e. The van der Waals surface area contributed by atoms with Crippen LogP contribution in [0.1, 0.15) is 61.4 Å². The summed E-state index contributed by atoms with van der Waals surface area (Å²) in [6.45, 7) is 5.73. The van der Waals surface area contributed by atoms with E-state index < -0.39 is 17.8 Å². The second-order valence-electron chi connectivity index (χ2n) is 8.40. The number of hydrogen-bond acceptors (Lipinski definition) is 8. The van der Waals surface area contributed by atoms with Crippen molar-refractivity contribution in [2.24, 2.45) is 0 Å². The number of halogens is 1. The van der Waals surface area contributed by atoms with Crippen LogP contribution in [0.25, 0.3) is 22.6 Å². The minimum absolute atomic E-state index is 0.0456. The van der Waals surface area contributed by atoms with E-state index in [0.717, 1.165) is 5.56 Å². The molecule has 0 aliphatic heterocycles. The number of aromatic nitrogens is 3. The molecule has 188 valence electrons. The van der Waals surface area contributed by atoms with Gasteiger partial charge in [-0.1, -0.05) is 32.0 Å². The molecule has 36 heavy (non-hydrogen) atoms. The van der Waals surface area contributed by atoms with Gasteiger partial charge in [-0.05, 0) is 42.8 Å². The summed E-state index contributed by atoms with van der Waals surface area (Å²) in [4.78, 5) is 20.9. The van der Waals surface area contributed by atoms with Gasteiger partial charge in [0.25, 0.3) is 5.91 Å². The van der Waals surface area contributed by atoms with Crippen molar-refractivity contribution in [2.75, 3.05) is 13.2 Å². The number of aliphatic hydroxyl groups is 1. The Balaban J connectivity index is 1.45. The molecule has 4 rings (SSSR count). The van der Waals surface area contributed by atoms with Gasteiger partial charge in [0.1, 0.15) is 23.5 Å². The fraction of sp³-hybridized carbons (Fsp3) is 0.308. The average Bonchev–Trinajstić information content (AvgIpc) is 3.57. The summed E-state index contributed by atoms with van der Waals surface area (Å²) in [7, 11) is 0. The first-order valence-electron chi connectivity index (χ1n) is 11.6. The molecule has 10 heteroatoms. The number of benzene rings is 2. The predicted molar refractivity (Wildman–Crippen MR) is 129 cm³/mol. The van der Waals surface area contributed by atoms with Crippen LogP contribution in [0.15, 0.2) is 57.7 Å². The molecule has 2 heterocycles. The minimum Gasteiger partial charge on any atom is -0.481 e. The SMILES string of the molecule is CCC(Oc1ccc(-c2noc(C(C)C)n2)cc1)c1nc(-c2ccc(C(=O)NCCO)c(F)c2)co1. The van der Waals surface area contributed by atoms with Crippen molar-refractivity contribution >= 4 is 5.91 Å². The van der Waals surface area contributed by atoms with Crippen LogP contribution in [0.4, 0.5) is 4.39 Å². The van der Waals surface area contributed by atoms with Crippen LogP contribution in [0, 0.1) is 5.82 Å². The highest BCUT2D eigenvalue weighted by Gasteiger charge is 2.20. The Bertz CT molecular complexity index is 1320. The molecule has 2 N–H and O–H groups in total. The molecule has 0 radical (unpaired) electrons. The number of rotatable bonds is 10. The molecule has 0 bridgehead atoms. The monoisotopic (exact) mass is 494 g/mol. The van der Waals surface area contributed by atoms with E-state index in [0.29, 0.717) is 41.0 Å². The van der Waals surface area contributed by atoms with E-state index in [2.05, 4.69) is 20.4 Å². The van der Waals surface area contributed by atoms with Gasteiger partial charge in [-0.25, -0.2) is 9.37 Å². The second kappa shape index (κ2) is 11.1. The van der Waals surface area contributed by atoms with Gasteiger partial charge >= 0.3 is 0 Å². The van der Waals surface area contributed by atoms with Crippen molar-refractivity contribution in [3.05, 3.63) is 71.9 Å². The van der Waals surface area contributed by atoms with E-state index in [-0.39, 0.29) is 24.6 Å². The van der Waals surface area contributed by atoms with E-state index in [1.54, 1.807) is 6.07 Å². The van der Waals surface area contributed by atoms with Gasteiger partial charge in [0, 0.05) is 23.6 Å². The Morgan fingerprint density at radius 2 is 1.86 bits per heavy atom. The van der Waals surface area contributed by atoms with Crippen LogP contribution in [0.2, 0.25) is 0 Å². The second-order valence-corrected chi connectivity index (χ2v) is 8.40. The van der Waals surface area contributed by atoms with Crippen molar-refractivity contribution in [1.29, 1.82) is 0 Å². The van der Waals surface area contributed by atoms with E-state index in [9.17, 15) is 9.18 Å². The van der Waals surface area contributed by atoms with Crippen LogP contribution in [0.3, 0.4) is 0 Å². The fourth-order valence-corrected chi connectivity index (χ4v) is 3.43. The molecule has 0 spiro atoms. The Hall–Kier alpha value is -4.05. The molecule has 0 fully saturated rings. The summed E-state index contributed by atoms with van der Waals surface area (Å²) < 4.78 is 31.5. The first-order valence-corrected chi connectivity index (χ1v) is 11.6. The maximum absolute atomic E-state index is 14.5. The average molecular weight is 495 g/mol. The lowest BCUT2D eigenvalue weighted by Gasteiger charge is -2.14. The first-order chi connectivity index (χ1) is 17.4. The largest absolute Gasteiger partial charge is 0.481 e.